The van der Waals surface area contributed by atoms with Crippen LogP contribution in [0.4, 0.5) is 0 Å². The molecule has 0 aliphatic carbocycles. The Morgan fingerprint density at radius 3 is 1.96 bits per heavy atom. The predicted molar refractivity (Wildman–Crippen MR) is 91.7 cm³/mol. The van der Waals surface area contributed by atoms with E-state index in [2.05, 4.69) is 6.58 Å². The molecule has 1 aromatic rings. The van der Waals surface area contributed by atoms with Crippen molar-refractivity contribution >= 4 is 5.91 Å². The number of ether oxygens (including phenoxy) is 3. The fourth-order valence-corrected chi connectivity index (χ4v) is 2.50. The summed E-state index contributed by atoms with van der Waals surface area (Å²) in [4.78, 5) is 14.7. The van der Waals surface area contributed by atoms with Crippen LogP contribution in [0.1, 0.15) is 38.1 Å². The fourth-order valence-electron chi connectivity index (χ4n) is 2.50. The van der Waals surface area contributed by atoms with Crippen LogP contribution in [0.25, 0.3) is 0 Å². The maximum atomic E-state index is 12.8. The summed E-state index contributed by atoms with van der Waals surface area (Å²) in [5.41, 5.74) is 0.507. The molecule has 0 radical (unpaired) electrons. The Morgan fingerprint density at radius 1 is 1.13 bits per heavy atom. The van der Waals surface area contributed by atoms with Crippen LogP contribution in [-0.4, -0.2) is 43.7 Å². The van der Waals surface area contributed by atoms with Gasteiger partial charge in [0.15, 0.2) is 11.5 Å². The van der Waals surface area contributed by atoms with Crippen molar-refractivity contribution in [3.63, 3.8) is 0 Å². The second kappa shape index (κ2) is 8.46. The van der Waals surface area contributed by atoms with Gasteiger partial charge >= 0.3 is 0 Å². The number of carbonyl (C=O) groups excluding carboxylic acids is 1. The van der Waals surface area contributed by atoms with E-state index in [-0.39, 0.29) is 18.0 Å². The lowest BCUT2D eigenvalue weighted by molar-refractivity contribution is 0.0643. The molecule has 0 unspecified atom stereocenters. The van der Waals surface area contributed by atoms with Crippen molar-refractivity contribution < 1.29 is 19.0 Å². The number of hydrogen-bond donors (Lipinski definition) is 0. The summed E-state index contributed by atoms with van der Waals surface area (Å²) in [5.74, 6) is 1.32. The first-order valence-electron chi connectivity index (χ1n) is 7.69. The normalized spacial score (nSPS) is 10.6. The molecule has 128 valence electrons. The first-order chi connectivity index (χ1) is 10.9. The summed E-state index contributed by atoms with van der Waals surface area (Å²) >= 11 is 0. The summed E-state index contributed by atoms with van der Waals surface area (Å²) in [5, 5.41) is 0. The summed E-state index contributed by atoms with van der Waals surface area (Å²) in [6, 6.07) is 3.55. The van der Waals surface area contributed by atoms with Gasteiger partial charge in [0.05, 0.1) is 14.2 Å². The van der Waals surface area contributed by atoms with E-state index < -0.39 is 0 Å². The van der Waals surface area contributed by atoms with E-state index in [1.54, 1.807) is 18.2 Å². The van der Waals surface area contributed by atoms with Gasteiger partial charge in [0.2, 0.25) is 5.75 Å². The molecular formula is C18H27NO4. The van der Waals surface area contributed by atoms with Gasteiger partial charge in [-0.1, -0.05) is 12.7 Å². The highest BCUT2D eigenvalue weighted by molar-refractivity contribution is 5.96. The summed E-state index contributed by atoms with van der Waals surface area (Å²) in [6.07, 6.45) is 1.64. The Hall–Kier alpha value is -2.17. The number of amides is 1. The van der Waals surface area contributed by atoms with Crippen molar-refractivity contribution in [2.24, 2.45) is 0 Å². The minimum absolute atomic E-state index is 0.0677. The minimum Gasteiger partial charge on any atom is -0.493 e. The topological polar surface area (TPSA) is 48.0 Å². The number of carbonyl (C=O) groups is 1. The average molecular weight is 321 g/mol. The minimum atomic E-state index is -0.0677. The molecule has 0 bridgehead atoms. The van der Waals surface area contributed by atoms with Gasteiger partial charge in [0.25, 0.3) is 5.91 Å². The zero-order valence-electron chi connectivity index (χ0n) is 14.9. The van der Waals surface area contributed by atoms with E-state index in [0.29, 0.717) is 29.4 Å². The molecule has 0 aromatic heterocycles. The molecule has 0 saturated carbocycles. The van der Waals surface area contributed by atoms with Gasteiger partial charge in [-0.15, -0.1) is 0 Å². The van der Waals surface area contributed by atoms with Gasteiger partial charge in [-0.2, -0.15) is 0 Å². The van der Waals surface area contributed by atoms with E-state index in [9.17, 15) is 4.79 Å². The quantitative estimate of drug-likeness (QED) is 0.687. The maximum absolute atomic E-state index is 12.8. The maximum Gasteiger partial charge on any atom is 0.254 e. The van der Waals surface area contributed by atoms with Crippen molar-refractivity contribution in [3.8, 4) is 17.2 Å². The van der Waals surface area contributed by atoms with Gasteiger partial charge in [0.1, 0.15) is 6.61 Å². The highest BCUT2D eigenvalue weighted by Gasteiger charge is 2.24. The molecule has 1 aromatic carbocycles. The largest absolute Gasteiger partial charge is 0.493 e. The van der Waals surface area contributed by atoms with Crippen molar-refractivity contribution in [1.82, 2.24) is 4.90 Å². The van der Waals surface area contributed by atoms with E-state index in [1.807, 2.05) is 32.6 Å². The Bertz CT molecular complexity index is 519. The third kappa shape index (κ3) is 4.41. The molecule has 0 heterocycles. The van der Waals surface area contributed by atoms with Crippen LogP contribution >= 0.6 is 0 Å². The molecule has 0 saturated heterocycles. The number of rotatable bonds is 8. The van der Waals surface area contributed by atoms with Crippen LogP contribution in [-0.2, 0) is 0 Å². The predicted octanol–water partition coefficient (Wildman–Crippen LogP) is 3.53. The van der Waals surface area contributed by atoms with Crippen molar-refractivity contribution in [3.05, 3.63) is 30.4 Å². The Kier molecular flexibility index (Phi) is 6.94. The molecule has 1 rings (SSSR count). The van der Waals surface area contributed by atoms with Crippen LogP contribution in [0, 0.1) is 0 Å². The SMILES string of the molecule is C=CCOc1c(OC)cc(C(=O)N(C(C)C)C(C)C)cc1OC. The summed E-state index contributed by atoms with van der Waals surface area (Å²) in [7, 11) is 3.07. The van der Waals surface area contributed by atoms with Gasteiger partial charge in [-0.05, 0) is 39.8 Å². The van der Waals surface area contributed by atoms with E-state index in [4.69, 9.17) is 14.2 Å². The highest BCUT2D eigenvalue weighted by Crippen LogP contribution is 2.39. The van der Waals surface area contributed by atoms with Gasteiger partial charge < -0.3 is 19.1 Å². The Labute approximate surface area is 138 Å². The number of hydrogen-bond acceptors (Lipinski definition) is 4. The van der Waals surface area contributed by atoms with Crippen molar-refractivity contribution in [1.29, 1.82) is 0 Å². The second-order valence-electron chi connectivity index (χ2n) is 5.71. The molecule has 5 heteroatoms. The molecule has 5 nitrogen and oxygen atoms in total. The Balaban J connectivity index is 3.32. The summed E-state index contributed by atoms with van der Waals surface area (Å²) in [6.45, 7) is 11.9. The lowest BCUT2D eigenvalue weighted by Crippen LogP contribution is -2.42. The van der Waals surface area contributed by atoms with Crippen LogP contribution in [0.5, 0.6) is 17.2 Å². The van der Waals surface area contributed by atoms with E-state index >= 15 is 0 Å². The van der Waals surface area contributed by atoms with Gasteiger partial charge in [-0.25, -0.2) is 0 Å². The molecule has 0 aliphatic rings. The van der Waals surface area contributed by atoms with Crippen molar-refractivity contribution in [2.45, 2.75) is 39.8 Å². The molecule has 0 atom stereocenters. The molecule has 0 spiro atoms. The zero-order chi connectivity index (χ0) is 17.6. The lowest BCUT2D eigenvalue weighted by atomic mass is 10.1. The van der Waals surface area contributed by atoms with Crippen molar-refractivity contribution in [2.75, 3.05) is 20.8 Å². The van der Waals surface area contributed by atoms with Gasteiger partial charge in [-0.3, -0.25) is 4.79 Å². The molecule has 0 N–H and O–H groups in total. The van der Waals surface area contributed by atoms with Crippen LogP contribution in [0.15, 0.2) is 24.8 Å². The summed E-state index contributed by atoms with van der Waals surface area (Å²) < 4.78 is 16.3. The molecular weight excluding hydrogens is 294 g/mol. The average Bonchev–Trinajstić information content (AvgIpc) is 2.51. The van der Waals surface area contributed by atoms with E-state index in [1.165, 1.54) is 14.2 Å². The van der Waals surface area contributed by atoms with Crippen LogP contribution < -0.4 is 14.2 Å². The smallest absolute Gasteiger partial charge is 0.254 e. The lowest BCUT2D eigenvalue weighted by Gasteiger charge is -2.31. The molecule has 1 amide bonds. The van der Waals surface area contributed by atoms with Crippen LogP contribution in [0.3, 0.4) is 0 Å². The zero-order valence-corrected chi connectivity index (χ0v) is 14.9. The number of benzene rings is 1. The van der Waals surface area contributed by atoms with Gasteiger partial charge in [0, 0.05) is 17.6 Å². The highest BCUT2D eigenvalue weighted by atomic mass is 16.5. The van der Waals surface area contributed by atoms with Crippen LogP contribution in [0.2, 0.25) is 0 Å². The first kappa shape index (κ1) is 18.9. The standard InChI is InChI=1S/C18H27NO4/c1-8-9-23-17-15(21-6)10-14(11-16(17)22-7)18(20)19(12(2)3)13(4)5/h8,10-13H,1,9H2,2-7H3. The molecule has 0 fully saturated rings. The fraction of sp³-hybridized carbons (Fsp3) is 0.500. The Morgan fingerprint density at radius 2 is 1.61 bits per heavy atom. The van der Waals surface area contributed by atoms with E-state index in [0.717, 1.165) is 0 Å². The third-order valence-electron chi connectivity index (χ3n) is 3.40. The number of methoxy groups -OCH3 is 2. The third-order valence-corrected chi connectivity index (χ3v) is 3.40. The monoisotopic (exact) mass is 321 g/mol. The first-order valence-corrected chi connectivity index (χ1v) is 7.69. The second-order valence-corrected chi connectivity index (χ2v) is 5.71. The molecule has 0 aliphatic heterocycles. The molecule has 23 heavy (non-hydrogen) atoms. The number of nitrogens with zero attached hydrogens (tertiary/aromatic N) is 1.